The van der Waals surface area contributed by atoms with Crippen LogP contribution in [0.2, 0.25) is 0 Å². The van der Waals surface area contributed by atoms with Gasteiger partial charge in [-0.15, -0.1) is 0 Å². The van der Waals surface area contributed by atoms with E-state index >= 15 is 0 Å². The molecule has 0 radical (unpaired) electrons. The summed E-state index contributed by atoms with van der Waals surface area (Å²) in [7, 11) is 0. The van der Waals surface area contributed by atoms with Gasteiger partial charge in [-0.25, -0.2) is 0 Å². The van der Waals surface area contributed by atoms with Crippen LogP contribution < -0.4 is 5.32 Å². The highest BCUT2D eigenvalue weighted by molar-refractivity contribution is 5.36. The smallest absolute Gasteiger partial charge is 0.0577 e. The lowest BCUT2D eigenvalue weighted by Gasteiger charge is -2.60. The number of hydrogen-bond acceptors (Lipinski definition) is 2. The molecule has 3 fully saturated rings. The molecule has 0 aromatic rings. The predicted molar refractivity (Wildman–Crippen MR) is 116 cm³/mol. The molecule has 5 aliphatic rings. The molecule has 2 nitrogen and oxygen atoms in total. The Morgan fingerprint density at radius 3 is 2.57 bits per heavy atom. The predicted octanol–water partition coefficient (Wildman–Crippen LogP) is 5.48. The molecule has 2 heteroatoms. The Morgan fingerprint density at radius 1 is 1.04 bits per heavy atom. The molecule has 8 atom stereocenters. The van der Waals surface area contributed by atoms with E-state index in [2.05, 4.69) is 39.1 Å². The molecule has 0 aromatic heterocycles. The molecule has 0 aromatic carbocycles. The van der Waals surface area contributed by atoms with Crippen molar-refractivity contribution in [1.29, 1.82) is 0 Å². The second-order valence-electron chi connectivity index (χ2n) is 11.6. The number of aliphatic hydroxyl groups is 1. The third-order valence-electron chi connectivity index (χ3n) is 10.1. The number of aliphatic hydroxyl groups excluding tert-OH is 1. The summed E-state index contributed by atoms with van der Waals surface area (Å²) in [5, 5.41) is 14.0. The molecule has 0 spiro atoms. The van der Waals surface area contributed by atoms with Crippen LogP contribution >= 0.6 is 0 Å². The summed E-state index contributed by atoms with van der Waals surface area (Å²) < 4.78 is 0. The number of rotatable bonds is 1. The Kier molecular flexibility index (Phi) is 4.64. The van der Waals surface area contributed by atoms with Gasteiger partial charge >= 0.3 is 0 Å². The van der Waals surface area contributed by atoms with Crippen LogP contribution in [0.15, 0.2) is 22.8 Å². The number of hydrogen-bond donors (Lipinski definition) is 2. The Bertz CT molecular complexity index is 701. The molecule has 4 aliphatic carbocycles. The standard InChI is InChI=1S/C26H41NO/c1-16-12-19-14-20(28)7-9-25(19,3)21-8-10-26(4)22(23(16)21)13-17(2)24(26)18-6-5-11-27-15-18/h12,16,18,20-23,27-28H,5-11,13-15H2,1-4H3/t16?,18?,20?,21-,22+,23-,25+,26+/m1/s1. The molecular formula is C26H41NO. The zero-order valence-corrected chi connectivity index (χ0v) is 18.6. The van der Waals surface area contributed by atoms with Crippen LogP contribution in [0.25, 0.3) is 0 Å². The third kappa shape index (κ3) is 2.66. The summed E-state index contributed by atoms with van der Waals surface area (Å²) in [6, 6.07) is 0. The average molecular weight is 384 g/mol. The molecule has 1 aliphatic heterocycles. The number of nitrogens with one attached hydrogen (secondary N) is 1. The first-order valence-corrected chi connectivity index (χ1v) is 12.1. The maximum absolute atomic E-state index is 10.3. The van der Waals surface area contributed by atoms with Gasteiger partial charge in [0.05, 0.1) is 6.10 Å². The fourth-order valence-corrected chi connectivity index (χ4v) is 8.88. The molecule has 0 amide bonds. The van der Waals surface area contributed by atoms with Crippen molar-refractivity contribution in [2.45, 2.75) is 85.2 Å². The topological polar surface area (TPSA) is 32.3 Å². The maximum atomic E-state index is 10.3. The zero-order valence-electron chi connectivity index (χ0n) is 18.6. The first kappa shape index (κ1) is 19.4. The number of allylic oxidation sites excluding steroid dienone is 2. The van der Waals surface area contributed by atoms with E-state index < -0.39 is 0 Å². The van der Waals surface area contributed by atoms with E-state index in [0.29, 0.717) is 16.7 Å². The lowest BCUT2D eigenvalue weighted by atomic mass is 9.45. The fourth-order valence-electron chi connectivity index (χ4n) is 8.88. The van der Waals surface area contributed by atoms with Crippen molar-refractivity contribution in [3.8, 4) is 0 Å². The van der Waals surface area contributed by atoms with Gasteiger partial charge in [-0.1, -0.05) is 43.6 Å². The van der Waals surface area contributed by atoms with Crippen LogP contribution in [0.1, 0.15) is 79.1 Å². The minimum Gasteiger partial charge on any atom is -0.393 e. The van der Waals surface area contributed by atoms with Crippen molar-refractivity contribution in [2.75, 3.05) is 13.1 Å². The minimum absolute atomic E-state index is 0.0993. The van der Waals surface area contributed by atoms with E-state index in [1.165, 1.54) is 51.6 Å². The van der Waals surface area contributed by atoms with E-state index in [9.17, 15) is 5.11 Å². The van der Waals surface area contributed by atoms with Gasteiger partial charge in [0.15, 0.2) is 0 Å². The Morgan fingerprint density at radius 2 is 1.82 bits per heavy atom. The largest absolute Gasteiger partial charge is 0.393 e. The summed E-state index contributed by atoms with van der Waals surface area (Å²) in [4.78, 5) is 0. The second kappa shape index (κ2) is 6.71. The van der Waals surface area contributed by atoms with E-state index in [1.54, 1.807) is 11.1 Å². The highest BCUT2D eigenvalue weighted by atomic mass is 16.3. The molecule has 1 heterocycles. The highest BCUT2D eigenvalue weighted by Gasteiger charge is 2.59. The van der Waals surface area contributed by atoms with Crippen molar-refractivity contribution >= 4 is 0 Å². The van der Waals surface area contributed by atoms with Crippen LogP contribution in [-0.4, -0.2) is 24.3 Å². The van der Waals surface area contributed by atoms with Gasteiger partial charge in [0.2, 0.25) is 0 Å². The molecule has 5 rings (SSSR count). The molecule has 2 saturated carbocycles. The lowest BCUT2D eigenvalue weighted by Crippen LogP contribution is -2.53. The zero-order chi connectivity index (χ0) is 19.7. The van der Waals surface area contributed by atoms with Gasteiger partial charge in [0, 0.05) is 6.54 Å². The lowest BCUT2D eigenvalue weighted by molar-refractivity contribution is -0.0504. The van der Waals surface area contributed by atoms with Crippen molar-refractivity contribution in [3.63, 3.8) is 0 Å². The second-order valence-corrected chi connectivity index (χ2v) is 11.6. The third-order valence-corrected chi connectivity index (χ3v) is 10.1. The van der Waals surface area contributed by atoms with Crippen molar-refractivity contribution in [3.05, 3.63) is 22.8 Å². The molecule has 2 N–H and O–H groups in total. The van der Waals surface area contributed by atoms with Crippen molar-refractivity contribution in [1.82, 2.24) is 5.32 Å². The van der Waals surface area contributed by atoms with Crippen molar-refractivity contribution < 1.29 is 5.11 Å². The van der Waals surface area contributed by atoms with Gasteiger partial charge < -0.3 is 10.4 Å². The van der Waals surface area contributed by atoms with E-state index in [-0.39, 0.29) is 6.10 Å². The van der Waals surface area contributed by atoms with E-state index in [0.717, 1.165) is 36.5 Å². The van der Waals surface area contributed by atoms with Crippen LogP contribution in [0, 0.1) is 40.4 Å². The van der Waals surface area contributed by atoms with Gasteiger partial charge in [-0.3, -0.25) is 0 Å². The molecular weight excluding hydrogens is 342 g/mol. The summed E-state index contributed by atoms with van der Waals surface area (Å²) in [5.41, 5.74) is 5.99. The van der Waals surface area contributed by atoms with Gasteiger partial charge in [-0.2, -0.15) is 0 Å². The van der Waals surface area contributed by atoms with Crippen LogP contribution in [-0.2, 0) is 0 Å². The molecule has 28 heavy (non-hydrogen) atoms. The first-order valence-electron chi connectivity index (χ1n) is 12.1. The Hall–Kier alpha value is -0.600. The van der Waals surface area contributed by atoms with Crippen molar-refractivity contribution in [2.24, 2.45) is 40.4 Å². The van der Waals surface area contributed by atoms with Crippen LogP contribution in [0.3, 0.4) is 0 Å². The van der Waals surface area contributed by atoms with Gasteiger partial charge in [-0.05, 0) is 105 Å². The summed E-state index contributed by atoms with van der Waals surface area (Å²) in [6.45, 7) is 12.6. The van der Waals surface area contributed by atoms with Crippen LogP contribution in [0.5, 0.6) is 0 Å². The number of fused-ring (bicyclic) bond motifs is 5. The monoisotopic (exact) mass is 383 g/mol. The summed E-state index contributed by atoms with van der Waals surface area (Å²) in [6.07, 6.45) is 12.5. The Labute approximate surface area is 172 Å². The SMILES string of the molecule is CC1=C(C2CCCNC2)[C@@]2(C)CC[C@@H]3[C@@H](C(C)C=C4CC(O)CC[C@@]43C)[C@@H]2C1. The average Bonchev–Trinajstić information content (AvgIpc) is 2.94. The van der Waals surface area contributed by atoms with Gasteiger partial charge in [0.25, 0.3) is 0 Å². The number of piperidine rings is 1. The molecule has 3 unspecified atom stereocenters. The molecule has 156 valence electrons. The normalized spacial score (nSPS) is 51.2. The molecule has 1 saturated heterocycles. The highest BCUT2D eigenvalue weighted by Crippen LogP contribution is 2.68. The fraction of sp³-hybridized carbons (Fsp3) is 0.846. The first-order chi connectivity index (χ1) is 13.3. The summed E-state index contributed by atoms with van der Waals surface area (Å²) >= 11 is 0. The Balaban J connectivity index is 1.49. The van der Waals surface area contributed by atoms with E-state index in [4.69, 9.17) is 0 Å². The maximum Gasteiger partial charge on any atom is 0.0577 e. The molecule has 0 bridgehead atoms. The van der Waals surface area contributed by atoms with Crippen LogP contribution in [0.4, 0.5) is 0 Å². The quantitative estimate of drug-likeness (QED) is 0.588. The van der Waals surface area contributed by atoms with E-state index in [1.807, 2.05) is 5.57 Å². The minimum atomic E-state index is -0.0993. The van der Waals surface area contributed by atoms with Gasteiger partial charge in [0.1, 0.15) is 0 Å². The summed E-state index contributed by atoms with van der Waals surface area (Å²) in [5.74, 6) is 3.93.